The lowest BCUT2D eigenvalue weighted by Gasteiger charge is -2.13. The zero-order chi connectivity index (χ0) is 18.2. The number of nitrogens with zero attached hydrogens (tertiary/aromatic N) is 1. The minimum Gasteiger partial charge on any atom is -0.504 e. The van der Waals surface area contributed by atoms with Gasteiger partial charge in [-0.15, -0.1) is 0 Å². The van der Waals surface area contributed by atoms with Crippen LogP contribution in [0.3, 0.4) is 0 Å². The second-order valence-electron chi connectivity index (χ2n) is 5.47. The quantitative estimate of drug-likeness (QED) is 0.599. The fourth-order valence-electron chi connectivity index (χ4n) is 2.02. The van der Waals surface area contributed by atoms with Crippen LogP contribution in [0.2, 0.25) is 0 Å². The maximum absolute atomic E-state index is 12.0. The van der Waals surface area contributed by atoms with Gasteiger partial charge in [-0.3, -0.25) is 4.79 Å². The van der Waals surface area contributed by atoms with Gasteiger partial charge >= 0.3 is 0 Å². The van der Waals surface area contributed by atoms with E-state index in [0.29, 0.717) is 23.7 Å². The first-order chi connectivity index (χ1) is 12.0. The van der Waals surface area contributed by atoms with Gasteiger partial charge in [0.05, 0.1) is 12.8 Å². The van der Waals surface area contributed by atoms with Crippen LogP contribution in [0.4, 0.5) is 0 Å². The van der Waals surface area contributed by atoms with E-state index in [1.165, 1.54) is 12.3 Å². The summed E-state index contributed by atoms with van der Waals surface area (Å²) in [5.74, 6) is 0.690. The molecule has 25 heavy (non-hydrogen) atoms. The van der Waals surface area contributed by atoms with Gasteiger partial charge in [-0.2, -0.15) is 5.10 Å². The first-order valence-electron chi connectivity index (χ1n) is 8.01. The summed E-state index contributed by atoms with van der Waals surface area (Å²) in [6, 6.07) is 12.3. The molecule has 0 spiro atoms. The van der Waals surface area contributed by atoms with Crippen molar-refractivity contribution in [3.63, 3.8) is 0 Å². The number of aryl methyl sites for hydroxylation is 1. The van der Waals surface area contributed by atoms with Gasteiger partial charge in [-0.25, -0.2) is 5.43 Å². The van der Waals surface area contributed by atoms with Crippen LogP contribution in [-0.2, 0) is 4.79 Å². The fraction of sp³-hybridized carbons (Fsp3) is 0.263. The minimum absolute atomic E-state index is 0.0585. The molecular weight excluding hydrogens is 320 g/mol. The Bertz CT molecular complexity index is 742. The summed E-state index contributed by atoms with van der Waals surface area (Å²) in [6.07, 6.45) is 0.789. The summed E-state index contributed by atoms with van der Waals surface area (Å²) in [4.78, 5) is 12.0. The molecule has 0 radical (unpaired) electrons. The maximum atomic E-state index is 12.0. The predicted molar refractivity (Wildman–Crippen MR) is 96.3 cm³/mol. The molecule has 2 rings (SSSR count). The summed E-state index contributed by atoms with van der Waals surface area (Å²) in [7, 11) is 0. The standard InChI is InChI=1S/C19H22N2O4/c1-4-24-18-11-15(7-10-17(18)22)12-20-21-19(23)14(3)25-16-8-5-13(2)6-9-16/h5-12,14,22H,4H2,1-3H3,(H,21,23)/b20-12-/t14-/m1/s1. The smallest absolute Gasteiger partial charge is 0.280 e. The van der Waals surface area contributed by atoms with Gasteiger partial charge in [0.1, 0.15) is 5.75 Å². The molecule has 2 aromatic carbocycles. The fourth-order valence-corrected chi connectivity index (χ4v) is 2.02. The third-order valence-electron chi connectivity index (χ3n) is 3.38. The number of rotatable bonds is 7. The summed E-state index contributed by atoms with van der Waals surface area (Å²) in [5.41, 5.74) is 4.24. The van der Waals surface area contributed by atoms with Gasteiger partial charge in [0, 0.05) is 0 Å². The van der Waals surface area contributed by atoms with Crippen LogP contribution in [0.15, 0.2) is 47.6 Å². The summed E-state index contributed by atoms with van der Waals surface area (Å²) >= 11 is 0. The average molecular weight is 342 g/mol. The Morgan fingerprint density at radius 1 is 1.28 bits per heavy atom. The molecule has 0 unspecified atom stereocenters. The van der Waals surface area contributed by atoms with E-state index < -0.39 is 6.10 Å². The molecule has 2 N–H and O–H groups in total. The zero-order valence-electron chi connectivity index (χ0n) is 14.5. The van der Waals surface area contributed by atoms with E-state index in [9.17, 15) is 9.90 Å². The summed E-state index contributed by atoms with van der Waals surface area (Å²) in [5, 5.41) is 13.6. The lowest BCUT2D eigenvalue weighted by molar-refractivity contribution is -0.127. The third-order valence-corrected chi connectivity index (χ3v) is 3.38. The highest BCUT2D eigenvalue weighted by Gasteiger charge is 2.13. The van der Waals surface area contributed by atoms with Gasteiger partial charge in [0.15, 0.2) is 17.6 Å². The van der Waals surface area contributed by atoms with Crippen LogP contribution in [0.1, 0.15) is 25.0 Å². The minimum atomic E-state index is -0.682. The van der Waals surface area contributed by atoms with Crippen LogP contribution in [-0.4, -0.2) is 29.9 Å². The number of aromatic hydroxyl groups is 1. The first kappa shape index (κ1) is 18.3. The molecule has 0 bridgehead atoms. The Kier molecular flexibility index (Phi) is 6.39. The number of benzene rings is 2. The molecule has 0 heterocycles. The molecule has 1 amide bonds. The molecular formula is C19H22N2O4. The normalized spacial score (nSPS) is 12.0. The maximum Gasteiger partial charge on any atom is 0.280 e. The van der Waals surface area contributed by atoms with Gasteiger partial charge in [-0.1, -0.05) is 17.7 Å². The van der Waals surface area contributed by atoms with Crippen LogP contribution >= 0.6 is 0 Å². The largest absolute Gasteiger partial charge is 0.504 e. The second-order valence-corrected chi connectivity index (χ2v) is 5.47. The van der Waals surface area contributed by atoms with Gasteiger partial charge in [0.2, 0.25) is 0 Å². The van der Waals surface area contributed by atoms with Gasteiger partial charge in [0.25, 0.3) is 5.91 Å². The van der Waals surface area contributed by atoms with Gasteiger partial charge < -0.3 is 14.6 Å². The highest BCUT2D eigenvalue weighted by atomic mass is 16.5. The van der Waals surface area contributed by atoms with Crippen molar-refractivity contribution < 1.29 is 19.4 Å². The number of hydrogen-bond donors (Lipinski definition) is 2. The van der Waals surface area contributed by atoms with Gasteiger partial charge in [-0.05, 0) is 56.7 Å². The Balaban J connectivity index is 1.91. The molecule has 0 aliphatic carbocycles. The van der Waals surface area contributed by atoms with Crippen molar-refractivity contribution in [2.45, 2.75) is 26.9 Å². The molecule has 1 atom stereocenters. The number of carbonyl (C=O) groups excluding carboxylic acids is 1. The highest BCUT2D eigenvalue weighted by molar-refractivity contribution is 5.84. The monoisotopic (exact) mass is 342 g/mol. The van der Waals surface area contributed by atoms with Crippen LogP contribution < -0.4 is 14.9 Å². The number of phenols is 1. The molecule has 0 aliphatic rings. The molecule has 0 saturated heterocycles. The highest BCUT2D eigenvalue weighted by Crippen LogP contribution is 2.26. The number of nitrogens with one attached hydrogen (secondary N) is 1. The van der Waals surface area contributed by atoms with Crippen molar-refractivity contribution in [1.29, 1.82) is 0 Å². The number of ether oxygens (including phenoxy) is 2. The van der Waals surface area contributed by atoms with E-state index in [1.54, 1.807) is 19.1 Å². The Morgan fingerprint density at radius 2 is 2.00 bits per heavy atom. The molecule has 6 heteroatoms. The van der Waals surface area contributed by atoms with E-state index in [-0.39, 0.29) is 11.7 Å². The van der Waals surface area contributed by atoms with Crippen molar-refractivity contribution in [2.75, 3.05) is 6.61 Å². The van der Waals surface area contributed by atoms with Crippen LogP contribution in [0.25, 0.3) is 0 Å². The van der Waals surface area contributed by atoms with Crippen molar-refractivity contribution in [2.24, 2.45) is 5.10 Å². The van der Waals surface area contributed by atoms with Crippen molar-refractivity contribution >= 4 is 12.1 Å². The topological polar surface area (TPSA) is 80.2 Å². The molecule has 2 aromatic rings. The number of carbonyl (C=O) groups is 1. The second kappa shape index (κ2) is 8.73. The molecule has 0 fully saturated rings. The molecule has 0 saturated carbocycles. The molecule has 0 aromatic heterocycles. The Morgan fingerprint density at radius 3 is 2.68 bits per heavy atom. The lowest BCUT2D eigenvalue weighted by Crippen LogP contribution is -2.33. The molecule has 132 valence electrons. The van der Waals surface area contributed by atoms with E-state index >= 15 is 0 Å². The number of hydrazone groups is 1. The number of amides is 1. The number of phenolic OH excluding ortho intramolecular Hbond substituents is 1. The van der Waals surface area contributed by atoms with E-state index in [0.717, 1.165) is 5.56 Å². The van der Waals surface area contributed by atoms with Crippen LogP contribution in [0.5, 0.6) is 17.2 Å². The zero-order valence-corrected chi connectivity index (χ0v) is 14.5. The van der Waals surface area contributed by atoms with Crippen LogP contribution in [0, 0.1) is 6.92 Å². The third kappa shape index (κ3) is 5.53. The van der Waals surface area contributed by atoms with Crippen molar-refractivity contribution in [3.05, 3.63) is 53.6 Å². The Hall–Kier alpha value is -3.02. The number of hydrogen-bond acceptors (Lipinski definition) is 5. The van der Waals surface area contributed by atoms with Crippen molar-refractivity contribution in [3.8, 4) is 17.2 Å². The SMILES string of the molecule is CCOc1cc(/C=N\NC(=O)[C@@H](C)Oc2ccc(C)cc2)ccc1O. The summed E-state index contributed by atoms with van der Waals surface area (Å²) < 4.78 is 10.9. The Labute approximate surface area is 147 Å². The average Bonchev–Trinajstić information content (AvgIpc) is 2.59. The first-order valence-corrected chi connectivity index (χ1v) is 8.01. The predicted octanol–water partition coefficient (Wildman–Crippen LogP) is 3.02. The summed E-state index contributed by atoms with van der Waals surface area (Å²) in [6.45, 7) is 5.90. The van der Waals surface area contributed by atoms with Crippen molar-refractivity contribution in [1.82, 2.24) is 5.43 Å². The van der Waals surface area contributed by atoms with E-state index in [2.05, 4.69) is 10.5 Å². The van der Waals surface area contributed by atoms with E-state index in [4.69, 9.17) is 9.47 Å². The molecule has 6 nitrogen and oxygen atoms in total. The lowest BCUT2D eigenvalue weighted by atomic mass is 10.2. The van der Waals surface area contributed by atoms with E-state index in [1.807, 2.05) is 38.1 Å². The molecule has 0 aliphatic heterocycles.